The largest absolute Gasteiger partial charge is 0.494 e. The van der Waals surface area contributed by atoms with Gasteiger partial charge in [0.1, 0.15) is 31.6 Å². The topological polar surface area (TPSA) is 117 Å². The summed E-state index contributed by atoms with van der Waals surface area (Å²) in [5.41, 5.74) is 0.485. The van der Waals surface area contributed by atoms with E-state index in [0.29, 0.717) is 37.4 Å². The fourth-order valence-corrected chi connectivity index (χ4v) is 4.36. The van der Waals surface area contributed by atoms with Crippen molar-refractivity contribution in [1.82, 2.24) is 14.9 Å². The number of Topliss-reactive ketones (excluding diaryl/α,β-unsaturated/α-hetero) is 1. The highest BCUT2D eigenvalue weighted by molar-refractivity contribution is 7.90. The second-order valence-corrected chi connectivity index (χ2v) is 10.4. The summed E-state index contributed by atoms with van der Waals surface area (Å²) < 4.78 is 59.7. The summed E-state index contributed by atoms with van der Waals surface area (Å²) in [6, 6.07) is 3.41. The van der Waals surface area contributed by atoms with Gasteiger partial charge in [-0.1, -0.05) is 0 Å². The van der Waals surface area contributed by atoms with Crippen LogP contribution in [0, 0.1) is 12.7 Å². The highest BCUT2D eigenvalue weighted by Crippen LogP contribution is 2.31. The van der Waals surface area contributed by atoms with Crippen molar-refractivity contribution < 1.29 is 36.6 Å². The van der Waals surface area contributed by atoms with Gasteiger partial charge < -0.3 is 18.9 Å². The second kappa shape index (κ2) is 10.6. The van der Waals surface area contributed by atoms with Gasteiger partial charge in [0.15, 0.2) is 33.3 Å². The SMILES string of the molecule is Cc1c(Oc2ccc(S(C)(=O)=O)cc2F)ncnc1OC1CCN(CC(=O)C2COC=CO2)CC1. The molecule has 1 aromatic heterocycles. The van der Waals surface area contributed by atoms with E-state index in [1.54, 1.807) is 6.92 Å². The Morgan fingerprint density at radius 3 is 2.60 bits per heavy atom. The Kier molecular flexibility index (Phi) is 7.51. The standard InChI is InChI=1S/C23H26FN3O7S/c1-15-22(25-14-26-23(15)34-20-4-3-17(11-18(20)24)35(2,29)30)33-16-5-7-27(8-6-16)12-19(28)21-13-31-9-10-32-21/h3-4,9-11,14,16,21H,5-8,12-13H2,1-2H3. The number of hydrogen-bond acceptors (Lipinski definition) is 10. The molecule has 0 radical (unpaired) electrons. The molecule has 188 valence electrons. The van der Waals surface area contributed by atoms with Crippen molar-refractivity contribution in [3.63, 3.8) is 0 Å². The van der Waals surface area contributed by atoms with Gasteiger partial charge in [0.2, 0.25) is 11.8 Å². The number of rotatable bonds is 8. The zero-order chi connectivity index (χ0) is 25.0. The molecule has 2 aromatic rings. The minimum Gasteiger partial charge on any atom is -0.494 e. The molecule has 1 atom stereocenters. The molecule has 0 aliphatic carbocycles. The van der Waals surface area contributed by atoms with Gasteiger partial charge in [0.25, 0.3) is 0 Å². The van der Waals surface area contributed by atoms with Gasteiger partial charge in [-0.3, -0.25) is 9.69 Å². The van der Waals surface area contributed by atoms with Crippen LogP contribution in [0.5, 0.6) is 17.5 Å². The van der Waals surface area contributed by atoms with E-state index in [2.05, 4.69) is 9.97 Å². The number of piperidine rings is 1. The smallest absolute Gasteiger partial charge is 0.229 e. The van der Waals surface area contributed by atoms with E-state index < -0.39 is 21.8 Å². The molecule has 3 heterocycles. The van der Waals surface area contributed by atoms with E-state index >= 15 is 0 Å². The molecule has 10 nitrogen and oxygen atoms in total. The normalized spacial score (nSPS) is 19.0. The van der Waals surface area contributed by atoms with Crippen molar-refractivity contribution in [2.24, 2.45) is 0 Å². The van der Waals surface area contributed by atoms with Crippen LogP contribution >= 0.6 is 0 Å². The molecule has 1 unspecified atom stereocenters. The van der Waals surface area contributed by atoms with Crippen molar-refractivity contribution in [3.05, 3.63) is 48.4 Å². The van der Waals surface area contributed by atoms with E-state index in [0.717, 1.165) is 12.3 Å². The molecular weight excluding hydrogens is 481 g/mol. The van der Waals surface area contributed by atoms with Crippen LogP contribution in [0.2, 0.25) is 0 Å². The van der Waals surface area contributed by atoms with Gasteiger partial charge in [-0.25, -0.2) is 22.8 Å². The molecule has 0 spiro atoms. The minimum atomic E-state index is -3.54. The summed E-state index contributed by atoms with van der Waals surface area (Å²) in [5.74, 6) is -0.591. The van der Waals surface area contributed by atoms with Crippen LogP contribution in [0.1, 0.15) is 18.4 Å². The summed E-state index contributed by atoms with van der Waals surface area (Å²) in [5, 5.41) is 0. The molecule has 1 fully saturated rings. The number of carbonyl (C=O) groups excluding carboxylic acids is 1. The fraction of sp³-hybridized carbons (Fsp3) is 0.435. The molecule has 0 bridgehead atoms. The van der Waals surface area contributed by atoms with Crippen LogP contribution in [0.25, 0.3) is 0 Å². The average Bonchev–Trinajstić information content (AvgIpc) is 2.84. The Bertz CT molecular complexity index is 1210. The molecule has 4 rings (SSSR count). The number of carbonyl (C=O) groups is 1. The first kappa shape index (κ1) is 24.9. The summed E-state index contributed by atoms with van der Waals surface area (Å²) >= 11 is 0. The summed E-state index contributed by atoms with van der Waals surface area (Å²) in [7, 11) is -3.54. The van der Waals surface area contributed by atoms with Gasteiger partial charge in [-0.05, 0) is 38.0 Å². The van der Waals surface area contributed by atoms with Crippen LogP contribution in [-0.2, 0) is 24.1 Å². The number of ether oxygens (including phenoxy) is 4. The van der Waals surface area contributed by atoms with Crippen LogP contribution in [0.3, 0.4) is 0 Å². The van der Waals surface area contributed by atoms with Crippen LogP contribution in [0.4, 0.5) is 4.39 Å². The van der Waals surface area contributed by atoms with Crippen molar-refractivity contribution in [3.8, 4) is 17.5 Å². The average molecular weight is 508 g/mol. The number of nitrogens with zero attached hydrogens (tertiary/aromatic N) is 3. The number of likely N-dealkylation sites (tertiary alicyclic amines) is 1. The van der Waals surface area contributed by atoms with E-state index in [-0.39, 0.29) is 41.6 Å². The zero-order valence-corrected chi connectivity index (χ0v) is 20.2. The van der Waals surface area contributed by atoms with Crippen LogP contribution in [-0.4, -0.2) is 73.8 Å². The number of benzene rings is 1. The first-order valence-electron chi connectivity index (χ1n) is 11.0. The Morgan fingerprint density at radius 1 is 1.20 bits per heavy atom. The molecular formula is C23H26FN3O7S. The van der Waals surface area contributed by atoms with E-state index in [1.165, 1.54) is 31.0 Å². The van der Waals surface area contributed by atoms with E-state index in [1.807, 2.05) is 4.90 Å². The Balaban J connectivity index is 1.34. The third-order valence-electron chi connectivity index (χ3n) is 5.72. The van der Waals surface area contributed by atoms with Crippen molar-refractivity contribution in [1.29, 1.82) is 0 Å². The number of aromatic nitrogens is 2. The van der Waals surface area contributed by atoms with E-state index in [9.17, 15) is 17.6 Å². The van der Waals surface area contributed by atoms with Gasteiger partial charge in [-0.15, -0.1) is 0 Å². The second-order valence-electron chi connectivity index (χ2n) is 8.37. The fourth-order valence-electron chi connectivity index (χ4n) is 3.72. The summed E-state index contributed by atoms with van der Waals surface area (Å²) in [6.45, 7) is 3.54. The molecule has 35 heavy (non-hydrogen) atoms. The monoisotopic (exact) mass is 507 g/mol. The zero-order valence-electron chi connectivity index (χ0n) is 19.3. The lowest BCUT2D eigenvalue weighted by molar-refractivity contribution is -0.132. The van der Waals surface area contributed by atoms with Gasteiger partial charge >= 0.3 is 0 Å². The van der Waals surface area contributed by atoms with Crippen molar-refractivity contribution >= 4 is 15.6 Å². The third-order valence-corrected chi connectivity index (χ3v) is 6.83. The molecule has 12 heteroatoms. The Hall–Kier alpha value is -3.25. The molecule has 1 saturated heterocycles. The number of hydrogen-bond donors (Lipinski definition) is 0. The molecule has 0 amide bonds. The quantitative estimate of drug-likeness (QED) is 0.527. The minimum absolute atomic E-state index is 0.0287. The Labute approximate surface area is 202 Å². The highest BCUT2D eigenvalue weighted by Gasteiger charge is 2.28. The molecule has 1 aromatic carbocycles. The summed E-state index contributed by atoms with van der Waals surface area (Å²) in [6.07, 6.45) is 5.74. The maximum Gasteiger partial charge on any atom is 0.229 e. The maximum absolute atomic E-state index is 14.4. The number of sulfone groups is 1. The molecule has 2 aliphatic rings. The third kappa shape index (κ3) is 6.25. The predicted molar refractivity (Wildman–Crippen MR) is 121 cm³/mol. The first-order valence-corrected chi connectivity index (χ1v) is 12.9. The van der Waals surface area contributed by atoms with E-state index in [4.69, 9.17) is 18.9 Å². The lowest BCUT2D eigenvalue weighted by Gasteiger charge is -2.32. The lowest BCUT2D eigenvalue weighted by Crippen LogP contribution is -2.44. The lowest BCUT2D eigenvalue weighted by atomic mass is 10.1. The molecule has 0 saturated carbocycles. The highest BCUT2D eigenvalue weighted by atomic mass is 32.2. The molecule has 2 aliphatic heterocycles. The summed E-state index contributed by atoms with van der Waals surface area (Å²) in [4.78, 5) is 22.5. The van der Waals surface area contributed by atoms with Crippen LogP contribution in [0.15, 0.2) is 41.9 Å². The number of ketones is 1. The number of halogens is 1. The van der Waals surface area contributed by atoms with Crippen LogP contribution < -0.4 is 9.47 Å². The van der Waals surface area contributed by atoms with Gasteiger partial charge in [-0.2, -0.15) is 0 Å². The van der Waals surface area contributed by atoms with Crippen molar-refractivity contribution in [2.45, 2.75) is 36.9 Å². The maximum atomic E-state index is 14.4. The predicted octanol–water partition coefficient (Wildman–Crippen LogP) is 2.42. The Morgan fingerprint density at radius 2 is 1.94 bits per heavy atom. The van der Waals surface area contributed by atoms with Gasteiger partial charge in [0.05, 0.1) is 17.0 Å². The van der Waals surface area contributed by atoms with Crippen molar-refractivity contribution in [2.75, 3.05) is 32.5 Å². The van der Waals surface area contributed by atoms with Gasteiger partial charge in [0, 0.05) is 19.3 Å². The first-order chi connectivity index (χ1) is 16.7. The molecule has 0 N–H and O–H groups in total.